The Balaban J connectivity index is 1.93. The minimum atomic E-state index is 0.267. The van der Waals surface area contributed by atoms with Crippen molar-refractivity contribution in [1.82, 2.24) is 9.80 Å². The van der Waals surface area contributed by atoms with Gasteiger partial charge in [0.1, 0.15) is 5.75 Å². The summed E-state index contributed by atoms with van der Waals surface area (Å²) in [6.45, 7) is 4.44. The van der Waals surface area contributed by atoms with Gasteiger partial charge < -0.3 is 14.9 Å². The molecule has 0 bridgehead atoms. The molecule has 1 aromatic carbocycles. The summed E-state index contributed by atoms with van der Waals surface area (Å²) in [7, 11) is 4.35. The Morgan fingerprint density at radius 1 is 1.37 bits per heavy atom. The van der Waals surface area contributed by atoms with Crippen LogP contribution < -0.4 is 0 Å². The number of benzene rings is 1. The van der Waals surface area contributed by atoms with Gasteiger partial charge in [0, 0.05) is 19.6 Å². The molecule has 0 amide bonds. The normalized spacial score (nSPS) is 20.4. The van der Waals surface area contributed by atoms with Crippen molar-refractivity contribution in [3.8, 4) is 5.75 Å². The fourth-order valence-corrected chi connectivity index (χ4v) is 3.98. The van der Waals surface area contributed by atoms with Crippen LogP contribution in [0.1, 0.15) is 12.0 Å². The fraction of sp³-hybridized carbons (Fsp3) is 0.571. The maximum atomic E-state index is 9.71. The number of rotatable bonds is 4. The molecule has 0 saturated carbocycles. The Hall–Kier alpha value is -0.100. The van der Waals surface area contributed by atoms with E-state index in [1.54, 1.807) is 0 Å². The minimum Gasteiger partial charge on any atom is -0.506 e. The van der Waals surface area contributed by atoms with Crippen molar-refractivity contribution in [3.63, 3.8) is 0 Å². The molecular weight excluding hydrogens is 372 g/mol. The van der Waals surface area contributed by atoms with Gasteiger partial charge in [-0.2, -0.15) is 0 Å². The maximum Gasteiger partial charge on any atom is 0.143 e. The zero-order valence-corrected chi connectivity index (χ0v) is 14.5. The number of halogens is 2. The third-order valence-electron chi connectivity index (χ3n) is 3.59. The number of hydrogen-bond donors (Lipinski definition) is 1. The molecule has 1 saturated heterocycles. The topological polar surface area (TPSA) is 26.7 Å². The highest BCUT2D eigenvalue weighted by atomic mass is 79.9. The van der Waals surface area contributed by atoms with Gasteiger partial charge in [-0.15, -0.1) is 0 Å². The van der Waals surface area contributed by atoms with E-state index >= 15 is 0 Å². The predicted molar refractivity (Wildman–Crippen MR) is 85.4 cm³/mol. The molecule has 1 N–H and O–H groups in total. The average Bonchev–Trinajstić information content (AvgIpc) is 2.71. The van der Waals surface area contributed by atoms with Crippen LogP contribution in [-0.4, -0.2) is 48.6 Å². The smallest absolute Gasteiger partial charge is 0.143 e. The van der Waals surface area contributed by atoms with Crippen molar-refractivity contribution in [2.75, 3.05) is 33.7 Å². The molecule has 0 aromatic heterocycles. The van der Waals surface area contributed by atoms with Crippen LogP contribution in [0.2, 0.25) is 0 Å². The van der Waals surface area contributed by atoms with Crippen LogP contribution >= 0.6 is 31.9 Å². The molecule has 0 radical (unpaired) electrons. The Morgan fingerprint density at radius 3 is 2.53 bits per heavy atom. The van der Waals surface area contributed by atoms with Gasteiger partial charge in [0.2, 0.25) is 0 Å². The molecule has 0 aliphatic carbocycles. The summed E-state index contributed by atoms with van der Waals surface area (Å²) in [5.41, 5.74) is 1.20. The molecular formula is C14H20Br2N2O. The minimum absolute atomic E-state index is 0.267. The van der Waals surface area contributed by atoms with Gasteiger partial charge in [-0.05, 0) is 82.5 Å². The van der Waals surface area contributed by atoms with Crippen LogP contribution in [-0.2, 0) is 6.54 Å². The highest BCUT2D eigenvalue weighted by Gasteiger charge is 2.20. The Labute approximate surface area is 131 Å². The molecule has 1 aliphatic heterocycles. The Morgan fingerprint density at radius 2 is 2.00 bits per heavy atom. The van der Waals surface area contributed by atoms with Crippen LogP contribution in [0, 0.1) is 5.92 Å². The molecule has 5 heteroatoms. The first-order valence-electron chi connectivity index (χ1n) is 6.49. The summed E-state index contributed by atoms with van der Waals surface area (Å²) >= 11 is 6.76. The average molecular weight is 392 g/mol. The van der Waals surface area contributed by atoms with E-state index in [4.69, 9.17) is 0 Å². The fourth-order valence-electron chi connectivity index (χ4n) is 2.70. The number of aromatic hydroxyl groups is 1. The van der Waals surface area contributed by atoms with Crippen molar-refractivity contribution in [3.05, 3.63) is 26.6 Å². The number of phenols is 1. The molecule has 106 valence electrons. The first kappa shape index (κ1) is 15.3. The lowest BCUT2D eigenvalue weighted by atomic mass is 10.1. The highest BCUT2D eigenvalue weighted by Crippen LogP contribution is 2.33. The van der Waals surface area contributed by atoms with Crippen LogP contribution in [0.5, 0.6) is 5.75 Å². The molecule has 1 aromatic rings. The van der Waals surface area contributed by atoms with Gasteiger partial charge in [-0.3, -0.25) is 0 Å². The molecule has 1 unspecified atom stereocenters. The summed E-state index contributed by atoms with van der Waals surface area (Å²) in [4.78, 5) is 4.75. The van der Waals surface area contributed by atoms with Gasteiger partial charge in [0.25, 0.3) is 0 Å². The van der Waals surface area contributed by atoms with Crippen molar-refractivity contribution < 1.29 is 5.11 Å². The molecule has 3 nitrogen and oxygen atoms in total. The van der Waals surface area contributed by atoms with E-state index in [0.717, 1.165) is 28.0 Å². The van der Waals surface area contributed by atoms with Crippen LogP contribution in [0.3, 0.4) is 0 Å². The summed E-state index contributed by atoms with van der Waals surface area (Å²) in [5.74, 6) is 1.04. The standard InChI is InChI=1S/C14H20Br2N2O/c1-17-4-3-10(7-17)8-18(2)9-11-5-12(15)14(19)13(16)6-11/h5-6,10,19H,3-4,7-9H2,1-2H3. The maximum absolute atomic E-state index is 9.71. The second-order valence-electron chi connectivity index (χ2n) is 5.52. The van der Waals surface area contributed by atoms with E-state index in [0.29, 0.717) is 0 Å². The zero-order chi connectivity index (χ0) is 14.0. The number of hydrogen-bond acceptors (Lipinski definition) is 3. The summed E-state index contributed by atoms with van der Waals surface area (Å²) < 4.78 is 1.48. The summed E-state index contributed by atoms with van der Waals surface area (Å²) in [6.07, 6.45) is 1.30. The highest BCUT2D eigenvalue weighted by molar-refractivity contribution is 9.11. The molecule has 1 atom stereocenters. The third-order valence-corrected chi connectivity index (χ3v) is 4.80. The lowest BCUT2D eigenvalue weighted by molar-refractivity contribution is 0.267. The van der Waals surface area contributed by atoms with E-state index in [1.165, 1.54) is 25.1 Å². The molecule has 19 heavy (non-hydrogen) atoms. The van der Waals surface area contributed by atoms with Gasteiger partial charge in [-0.1, -0.05) is 0 Å². The third kappa shape index (κ3) is 4.18. The van der Waals surface area contributed by atoms with E-state index in [2.05, 4.69) is 55.8 Å². The first-order valence-corrected chi connectivity index (χ1v) is 8.08. The number of phenolic OH excluding ortho intramolecular Hbond substituents is 1. The van der Waals surface area contributed by atoms with Crippen molar-refractivity contribution in [1.29, 1.82) is 0 Å². The second-order valence-corrected chi connectivity index (χ2v) is 7.23. The Kier molecular flexibility index (Phi) is 5.29. The number of nitrogens with zero attached hydrogens (tertiary/aromatic N) is 2. The van der Waals surface area contributed by atoms with Gasteiger partial charge in [0.15, 0.2) is 0 Å². The van der Waals surface area contributed by atoms with Crippen LogP contribution in [0.15, 0.2) is 21.1 Å². The predicted octanol–water partition coefficient (Wildman–Crippen LogP) is 3.30. The molecule has 1 heterocycles. The Bertz CT molecular complexity index is 430. The zero-order valence-electron chi connectivity index (χ0n) is 11.4. The van der Waals surface area contributed by atoms with E-state index in [1.807, 2.05) is 12.1 Å². The quantitative estimate of drug-likeness (QED) is 0.852. The van der Waals surface area contributed by atoms with E-state index < -0.39 is 0 Å². The summed E-state index contributed by atoms with van der Waals surface area (Å²) in [5, 5.41) is 9.71. The summed E-state index contributed by atoms with van der Waals surface area (Å²) in [6, 6.07) is 3.97. The lowest BCUT2D eigenvalue weighted by Crippen LogP contribution is -2.27. The SMILES string of the molecule is CN1CCC(CN(C)Cc2cc(Br)c(O)c(Br)c2)C1. The second kappa shape index (κ2) is 6.57. The van der Waals surface area contributed by atoms with E-state index in [-0.39, 0.29) is 5.75 Å². The molecule has 1 fully saturated rings. The lowest BCUT2D eigenvalue weighted by Gasteiger charge is -2.21. The molecule has 1 aliphatic rings. The molecule has 0 spiro atoms. The van der Waals surface area contributed by atoms with Crippen LogP contribution in [0.25, 0.3) is 0 Å². The van der Waals surface area contributed by atoms with Crippen molar-refractivity contribution >= 4 is 31.9 Å². The monoisotopic (exact) mass is 390 g/mol. The van der Waals surface area contributed by atoms with Crippen molar-refractivity contribution in [2.24, 2.45) is 5.92 Å². The largest absolute Gasteiger partial charge is 0.506 e. The molecule has 2 rings (SSSR count). The number of likely N-dealkylation sites (tertiary alicyclic amines) is 1. The van der Waals surface area contributed by atoms with E-state index in [9.17, 15) is 5.11 Å². The van der Waals surface area contributed by atoms with Gasteiger partial charge >= 0.3 is 0 Å². The van der Waals surface area contributed by atoms with Crippen molar-refractivity contribution in [2.45, 2.75) is 13.0 Å². The van der Waals surface area contributed by atoms with Gasteiger partial charge in [-0.25, -0.2) is 0 Å². The van der Waals surface area contributed by atoms with Crippen LogP contribution in [0.4, 0.5) is 0 Å². The first-order chi connectivity index (χ1) is 8.95. The van der Waals surface area contributed by atoms with Gasteiger partial charge in [0.05, 0.1) is 8.95 Å².